The van der Waals surface area contributed by atoms with Crippen LogP contribution in [0.3, 0.4) is 0 Å². The van der Waals surface area contributed by atoms with Crippen LogP contribution in [0, 0.1) is 0 Å². The summed E-state index contributed by atoms with van der Waals surface area (Å²) >= 11 is 1.43. The Morgan fingerprint density at radius 3 is 2.23 bits per heavy atom. The fraction of sp³-hybridized carbons (Fsp3) is 0.400. The molecule has 0 saturated carbocycles. The molecule has 1 rings (SSSR count). The van der Waals surface area contributed by atoms with Crippen molar-refractivity contribution in [1.82, 2.24) is 0 Å². The minimum Gasteiger partial charge on any atom is -0.294 e. The predicted octanol–water partition coefficient (Wildman–Crippen LogP) is 2.72. The quantitative estimate of drug-likeness (QED) is 0.696. The van der Waals surface area contributed by atoms with Crippen LogP contribution in [-0.2, 0) is 6.42 Å². The summed E-state index contributed by atoms with van der Waals surface area (Å²) < 4.78 is 0. The summed E-state index contributed by atoms with van der Waals surface area (Å²) in [7, 11) is 0. The van der Waals surface area contributed by atoms with Gasteiger partial charge in [-0.25, -0.2) is 0 Å². The third-order valence-electron chi connectivity index (χ3n) is 1.86. The van der Waals surface area contributed by atoms with Crippen LogP contribution in [0.4, 0.5) is 0 Å². The van der Waals surface area contributed by atoms with Gasteiger partial charge in [-0.05, 0) is 26.3 Å². The average molecular weight is 196 g/mol. The Labute approximate surface area is 81.6 Å². The van der Waals surface area contributed by atoms with E-state index in [0.29, 0.717) is 10.4 Å². The van der Waals surface area contributed by atoms with Crippen LogP contribution in [0.1, 0.15) is 45.7 Å². The van der Waals surface area contributed by atoms with Crippen molar-refractivity contribution in [2.24, 2.45) is 0 Å². The second-order valence-electron chi connectivity index (χ2n) is 2.91. The zero-order valence-corrected chi connectivity index (χ0v) is 8.83. The number of carbonyl (C=O) groups is 2. The van der Waals surface area contributed by atoms with Crippen molar-refractivity contribution in [1.29, 1.82) is 0 Å². The molecular weight excluding hydrogens is 184 g/mol. The number of carbonyl (C=O) groups excluding carboxylic acids is 2. The van der Waals surface area contributed by atoms with E-state index in [-0.39, 0.29) is 11.6 Å². The highest BCUT2D eigenvalue weighted by Gasteiger charge is 2.13. The van der Waals surface area contributed by atoms with Crippen LogP contribution < -0.4 is 0 Å². The Balaban J connectivity index is 3.19. The maximum absolute atomic E-state index is 11.2. The normalized spacial score (nSPS) is 10.1. The van der Waals surface area contributed by atoms with E-state index in [0.717, 1.165) is 11.3 Å². The summed E-state index contributed by atoms with van der Waals surface area (Å²) in [5, 5.41) is 0. The first-order valence-corrected chi connectivity index (χ1v) is 5.02. The largest absolute Gasteiger partial charge is 0.294 e. The van der Waals surface area contributed by atoms with Crippen LogP contribution in [0.25, 0.3) is 0 Å². The summed E-state index contributed by atoms with van der Waals surface area (Å²) in [6, 6.07) is 1.70. The summed E-state index contributed by atoms with van der Waals surface area (Å²) in [4.78, 5) is 23.9. The molecule has 1 aromatic rings. The standard InChI is InChI=1S/C10H12O2S/c1-4-9-8(6(2)11)5-10(13-9)7(3)12/h5H,4H2,1-3H3. The Bertz CT molecular complexity index is 350. The molecular formula is C10H12O2S. The van der Waals surface area contributed by atoms with E-state index in [2.05, 4.69) is 0 Å². The van der Waals surface area contributed by atoms with Crippen molar-refractivity contribution in [2.75, 3.05) is 0 Å². The van der Waals surface area contributed by atoms with Crippen LogP contribution in [0.2, 0.25) is 0 Å². The Morgan fingerprint density at radius 2 is 1.92 bits per heavy atom. The van der Waals surface area contributed by atoms with Crippen LogP contribution in [-0.4, -0.2) is 11.6 Å². The monoisotopic (exact) mass is 196 g/mol. The lowest BCUT2D eigenvalue weighted by Gasteiger charge is -1.92. The highest BCUT2D eigenvalue weighted by molar-refractivity contribution is 7.14. The van der Waals surface area contributed by atoms with Crippen LogP contribution in [0.5, 0.6) is 0 Å². The minimum atomic E-state index is 0.0344. The van der Waals surface area contributed by atoms with E-state index >= 15 is 0 Å². The first-order chi connectivity index (χ1) is 6.06. The third kappa shape index (κ3) is 2.04. The molecule has 3 heteroatoms. The zero-order chi connectivity index (χ0) is 10.0. The van der Waals surface area contributed by atoms with Gasteiger partial charge in [0.15, 0.2) is 11.6 Å². The Kier molecular flexibility index (Phi) is 2.98. The molecule has 0 atom stereocenters. The molecule has 0 bridgehead atoms. The van der Waals surface area contributed by atoms with Gasteiger partial charge >= 0.3 is 0 Å². The smallest absolute Gasteiger partial charge is 0.169 e. The Morgan fingerprint density at radius 1 is 1.31 bits per heavy atom. The molecule has 70 valence electrons. The van der Waals surface area contributed by atoms with Gasteiger partial charge in [0, 0.05) is 10.4 Å². The Hall–Kier alpha value is -0.960. The lowest BCUT2D eigenvalue weighted by atomic mass is 10.1. The van der Waals surface area contributed by atoms with Crippen molar-refractivity contribution in [3.8, 4) is 0 Å². The average Bonchev–Trinajstić information content (AvgIpc) is 2.47. The summed E-state index contributed by atoms with van der Waals surface area (Å²) in [5.41, 5.74) is 0.706. The van der Waals surface area contributed by atoms with Gasteiger partial charge in [-0.3, -0.25) is 9.59 Å². The molecule has 0 fully saturated rings. The molecule has 1 aromatic heterocycles. The van der Waals surface area contributed by atoms with Gasteiger partial charge in [-0.1, -0.05) is 6.92 Å². The first kappa shape index (κ1) is 10.1. The first-order valence-electron chi connectivity index (χ1n) is 4.20. The molecule has 0 unspecified atom stereocenters. The van der Waals surface area contributed by atoms with E-state index in [1.807, 2.05) is 6.92 Å². The molecule has 0 N–H and O–H groups in total. The van der Waals surface area contributed by atoms with Crippen molar-refractivity contribution in [2.45, 2.75) is 27.2 Å². The highest BCUT2D eigenvalue weighted by Crippen LogP contribution is 2.23. The SMILES string of the molecule is CCc1sc(C(C)=O)cc1C(C)=O. The van der Waals surface area contributed by atoms with Crippen LogP contribution >= 0.6 is 11.3 Å². The maximum Gasteiger partial charge on any atom is 0.169 e. The molecule has 0 amide bonds. The van der Waals surface area contributed by atoms with Crippen molar-refractivity contribution >= 4 is 22.9 Å². The van der Waals surface area contributed by atoms with Crippen molar-refractivity contribution in [3.63, 3.8) is 0 Å². The molecule has 0 aliphatic heterocycles. The summed E-state index contributed by atoms with van der Waals surface area (Å²) in [6.45, 7) is 5.04. The van der Waals surface area contributed by atoms with Gasteiger partial charge in [0.05, 0.1) is 4.88 Å². The number of aryl methyl sites for hydroxylation is 1. The van der Waals surface area contributed by atoms with Crippen molar-refractivity contribution < 1.29 is 9.59 Å². The molecule has 1 heterocycles. The number of thiophene rings is 1. The lowest BCUT2D eigenvalue weighted by Crippen LogP contribution is -1.93. The second-order valence-corrected chi connectivity index (χ2v) is 4.05. The third-order valence-corrected chi connectivity index (χ3v) is 3.24. The fourth-order valence-corrected chi connectivity index (χ4v) is 2.21. The number of hydrogen-bond acceptors (Lipinski definition) is 3. The molecule has 0 aliphatic rings. The molecule has 13 heavy (non-hydrogen) atoms. The van der Waals surface area contributed by atoms with Gasteiger partial charge in [-0.15, -0.1) is 11.3 Å². The molecule has 0 radical (unpaired) electrons. The zero-order valence-electron chi connectivity index (χ0n) is 8.01. The number of hydrogen-bond donors (Lipinski definition) is 0. The summed E-state index contributed by atoms with van der Waals surface area (Å²) in [6.07, 6.45) is 0.812. The molecule has 2 nitrogen and oxygen atoms in total. The van der Waals surface area contributed by atoms with Crippen molar-refractivity contribution in [3.05, 3.63) is 21.4 Å². The van der Waals surface area contributed by atoms with Gasteiger partial charge in [0.1, 0.15) is 0 Å². The number of ketones is 2. The summed E-state index contributed by atoms with van der Waals surface area (Å²) in [5.74, 6) is 0.0767. The van der Waals surface area contributed by atoms with E-state index in [1.165, 1.54) is 25.2 Å². The van der Waals surface area contributed by atoms with E-state index in [9.17, 15) is 9.59 Å². The molecule has 0 saturated heterocycles. The van der Waals surface area contributed by atoms with Gasteiger partial charge in [-0.2, -0.15) is 0 Å². The van der Waals surface area contributed by atoms with E-state index < -0.39 is 0 Å². The van der Waals surface area contributed by atoms with Crippen LogP contribution in [0.15, 0.2) is 6.07 Å². The van der Waals surface area contributed by atoms with E-state index in [4.69, 9.17) is 0 Å². The highest BCUT2D eigenvalue weighted by atomic mass is 32.1. The topological polar surface area (TPSA) is 34.1 Å². The lowest BCUT2D eigenvalue weighted by molar-refractivity contribution is 0.101. The number of rotatable bonds is 3. The maximum atomic E-state index is 11.2. The van der Waals surface area contributed by atoms with Gasteiger partial charge in [0.25, 0.3) is 0 Å². The minimum absolute atomic E-state index is 0.0344. The molecule has 0 aromatic carbocycles. The molecule has 0 aliphatic carbocycles. The van der Waals surface area contributed by atoms with Gasteiger partial charge in [0.2, 0.25) is 0 Å². The van der Waals surface area contributed by atoms with E-state index in [1.54, 1.807) is 6.07 Å². The van der Waals surface area contributed by atoms with Gasteiger partial charge < -0.3 is 0 Å². The fourth-order valence-electron chi connectivity index (χ4n) is 1.16. The molecule has 0 spiro atoms. The second kappa shape index (κ2) is 3.83. The predicted molar refractivity (Wildman–Crippen MR) is 53.7 cm³/mol. The number of Topliss-reactive ketones (excluding diaryl/α,β-unsaturated/α-hetero) is 2.